The van der Waals surface area contributed by atoms with E-state index >= 15 is 0 Å². The standard InChI is InChI=1S/C11H16N2O3/c1-3-4-8(12)10-9(13(15)16)6-5-7(2)11(10)14/h5-6,8,14H,3-4,12H2,1-2H3/t8-/m1/s1. The third kappa shape index (κ3) is 2.30. The van der Waals surface area contributed by atoms with Crippen LogP contribution in [0.4, 0.5) is 5.69 Å². The van der Waals surface area contributed by atoms with Gasteiger partial charge in [-0.2, -0.15) is 0 Å². The van der Waals surface area contributed by atoms with Crippen LogP contribution in [-0.2, 0) is 0 Å². The fourth-order valence-corrected chi connectivity index (χ4v) is 1.69. The first-order chi connectivity index (χ1) is 7.49. The summed E-state index contributed by atoms with van der Waals surface area (Å²) in [6.45, 7) is 3.64. The van der Waals surface area contributed by atoms with Crippen molar-refractivity contribution in [1.82, 2.24) is 0 Å². The van der Waals surface area contributed by atoms with Gasteiger partial charge in [0, 0.05) is 12.1 Å². The maximum Gasteiger partial charge on any atom is 0.277 e. The third-order valence-electron chi connectivity index (χ3n) is 2.56. The van der Waals surface area contributed by atoms with Gasteiger partial charge in [-0.05, 0) is 25.0 Å². The van der Waals surface area contributed by atoms with Gasteiger partial charge in [-0.3, -0.25) is 10.1 Å². The van der Waals surface area contributed by atoms with Gasteiger partial charge < -0.3 is 10.8 Å². The topological polar surface area (TPSA) is 89.4 Å². The lowest BCUT2D eigenvalue weighted by Crippen LogP contribution is -2.12. The molecule has 3 N–H and O–H groups in total. The summed E-state index contributed by atoms with van der Waals surface area (Å²) in [7, 11) is 0. The summed E-state index contributed by atoms with van der Waals surface area (Å²) in [6, 6.07) is 2.42. The van der Waals surface area contributed by atoms with Crippen molar-refractivity contribution in [2.24, 2.45) is 5.73 Å². The van der Waals surface area contributed by atoms with E-state index in [9.17, 15) is 15.2 Å². The number of hydrogen-bond acceptors (Lipinski definition) is 4. The van der Waals surface area contributed by atoms with Crippen LogP contribution in [0, 0.1) is 17.0 Å². The number of rotatable bonds is 4. The molecule has 0 unspecified atom stereocenters. The first kappa shape index (κ1) is 12.4. The predicted octanol–water partition coefficient (Wildman–Crippen LogP) is 2.41. The molecule has 0 aromatic heterocycles. The summed E-state index contributed by atoms with van der Waals surface area (Å²) in [4.78, 5) is 10.3. The maximum atomic E-state index is 10.8. The molecule has 0 aliphatic rings. The second-order valence-corrected chi connectivity index (χ2v) is 3.82. The number of phenols is 1. The molecule has 5 heteroatoms. The Kier molecular flexibility index (Phi) is 3.84. The Hall–Kier alpha value is -1.62. The van der Waals surface area contributed by atoms with Crippen molar-refractivity contribution in [3.8, 4) is 5.75 Å². The molecule has 0 heterocycles. The minimum Gasteiger partial charge on any atom is -0.507 e. The van der Waals surface area contributed by atoms with Crippen LogP contribution in [0.2, 0.25) is 0 Å². The molecule has 1 aromatic carbocycles. The fraction of sp³-hybridized carbons (Fsp3) is 0.455. The summed E-state index contributed by atoms with van der Waals surface area (Å²) in [5, 5.41) is 20.7. The number of benzene rings is 1. The highest BCUT2D eigenvalue weighted by Crippen LogP contribution is 2.36. The summed E-state index contributed by atoms with van der Waals surface area (Å²) in [5.41, 5.74) is 6.59. The van der Waals surface area contributed by atoms with Crippen molar-refractivity contribution < 1.29 is 10.0 Å². The number of aromatic hydroxyl groups is 1. The Morgan fingerprint density at radius 3 is 2.69 bits per heavy atom. The highest BCUT2D eigenvalue weighted by molar-refractivity contribution is 5.54. The van der Waals surface area contributed by atoms with Gasteiger partial charge >= 0.3 is 0 Å². The number of nitro groups is 1. The van der Waals surface area contributed by atoms with Crippen LogP contribution in [0.15, 0.2) is 12.1 Å². The van der Waals surface area contributed by atoms with Crippen LogP contribution in [0.1, 0.15) is 36.9 Å². The van der Waals surface area contributed by atoms with Crippen molar-refractivity contribution in [2.75, 3.05) is 0 Å². The van der Waals surface area contributed by atoms with Gasteiger partial charge in [-0.25, -0.2) is 0 Å². The molecule has 0 fully saturated rings. The monoisotopic (exact) mass is 224 g/mol. The van der Waals surface area contributed by atoms with E-state index in [0.29, 0.717) is 12.0 Å². The predicted molar refractivity (Wildman–Crippen MR) is 61.3 cm³/mol. The van der Waals surface area contributed by atoms with E-state index in [4.69, 9.17) is 5.73 Å². The average Bonchev–Trinajstić information content (AvgIpc) is 2.21. The van der Waals surface area contributed by atoms with Crippen molar-refractivity contribution in [3.63, 3.8) is 0 Å². The normalized spacial score (nSPS) is 12.4. The number of phenolic OH excluding ortho intramolecular Hbond substituents is 1. The van der Waals surface area contributed by atoms with E-state index in [1.807, 2.05) is 6.92 Å². The van der Waals surface area contributed by atoms with Crippen LogP contribution in [0.25, 0.3) is 0 Å². The molecule has 1 aromatic rings. The number of nitro benzene ring substituents is 1. The van der Waals surface area contributed by atoms with Crippen molar-refractivity contribution in [3.05, 3.63) is 33.4 Å². The maximum absolute atomic E-state index is 10.8. The van der Waals surface area contributed by atoms with Crippen LogP contribution in [0.3, 0.4) is 0 Å². The Morgan fingerprint density at radius 1 is 1.56 bits per heavy atom. The molecule has 88 valence electrons. The van der Waals surface area contributed by atoms with Crippen LogP contribution in [0.5, 0.6) is 5.75 Å². The van der Waals surface area contributed by atoms with E-state index in [1.54, 1.807) is 6.92 Å². The molecule has 1 atom stereocenters. The van der Waals surface area contributed by atoms with Gasteiger partial charge in [-0.1, -0.05) is 13.3 Å². The van der Waals surface area contributed by atoms with E-state index in [-0.39, 0.29) is 17.0 Å². The average molecular weight is 224 g/mol. The second kappa shape index (κ2) is 4.94. The lowest BCUT2D eigenvalue weighted by atomic mass is 9.98. The molecule has 5 nitrogen and oxygen atoms in total. The van der Waals surface area contributed by atoms with Crippen LogP contribution >= 0.6 is 0 Å². The second-order valence-electron chi connectivity index (χ2n) is 3.82. The Balaban J connectivity index is 3.31. The zero-order valence-corrected chi connectivity index (χ0v) is 9.43. The fourth-order valence-electron chi connectivity index (χ4n) is 1.69. The molecule has 1 rings (SSSR count). The molecular formula is C11H16N2O3. The smallest absolute Gasteiger partial charge is 0.277 e. The number of hydrogen-bond donors (Lipinski definition) is 2. The van der Waals surface area contributed by atoms with Gasteiger partial charge in [0.2, 0.25) is 0 Å². The van der Waals surface area contributed by atoms with Gasteiger partial charge in [0.25, 0.3) is 5.69 Å². The Morgan fingerprint density at radius 2 is 2.19 bits per heavy atom. The number of nitrogens with zero attached hydrogens (tertiary/aromatic N) is 1. The van der Waals surface area contributed by atoms with Crippen molar-refractivity contribution in [2.45, 2.75) is 32.7 Å². The highest BCUT2D eigenvalue weighted by Gasteiger charge is 2.23. The molecule has 0 saturated carbocycles. The third-order valence-corrected chi connectivity index (χ3v) is 2.56. The molecule has 0 spiro atoms. The van der Waals surface area contributed by atoms with Crippen LogP contribution < -0.4 is 5.73 Å². The largest absolute Gasteiger partial charge is 0.507 e. The Bertz CT molecular complexity index is 404. The zero-order chi connectivity index (χ0) is 12.3. The summed E-state index contributed by atoms with van der Waals surface area (Å²) < 4.78 is 0. The minimum absolute atomic E-state index is 0.0600. The van der Waals surface area contributed by atoms with E-state index in [2.05, 4.69) is 0 Å². The molecule has 0 radical (unpaired) electrons. The first-order valence-electron chi connectivity index (χ1n) is 5.21. The minimum atomic E-state index is -0.510. The van der Waals surface area contributed by atoms with Gasteiger partial charge in [0.1, 0.15) is 5.75 Å². The van der Waals surface area contributed by atoms with Gasteiger partial charge in [0.05, 0.1) is 10.5 Å². The highest BCUT2D eigenvalue weighted by atomic mass is 16.6. The summed E-state index contributed by atoms with van der Waals surface area (Å²) >= 11 is 0. The zero-order valence-electron chi connectivity index (χ0n) is 9.43. The quantitative estimate of drug-likeness (QED) is 0.607. The van der Waals surface area contributed by atoms with Crippen LogP contribution in [-0.4, -0.2) is 10.0 Å². The summed E-state index contributed by atoms with van der Waals surface area (Å²) in [5.74, 6) is -0.0600. The molecule has 0 aliphatic heterocycles. The summed E-state index contributed by atoms with van der Waals surface area (Å²) in [6.07, 6.45) is 1.42. The molecule has 0 aliphatic carbocycles. The van der Waals surface area contributed by atoms with Gasteiger partial charge in [0.15, 0.2) is 0 Å². The lowest BCUT2D eigenvalue weighted by Gasteiger charge is -2.14. The Labute approximate surface area is 94.0 Å². The van der Waals surface area contributed by atoms with E-state index in [1.165, 1.54) is 12.1 Å². The van der Waals surface area contributed by atoms with Gasteiger partial charge in [-0.15, -0.1) is 0 Å². The van der Waals surface area contributed by atoms with Crippen molar-refractivity contribution >= 4 is 5.69 Å². The number of nitrogens with two attached hydrogens (primary N) is 1. The molecule has 0 bridgehead atoms. The molecular weight excluding hydrogens is 208 g/mol. The molecule has 16 heavy (non-hydrogen) atoms. The van der Waals surface area contributed by atoms with E-state index in [0.717, 1.165) is 6.42 Å². The molecule has 0 amide bonds. The first-order valence-corrected chi connectivity index (χ1v) is 5.21. The number of aryl methyl sites for hydroxylation is 1. The van der Waals surface area contributed by atoms with Crippen molar-refractivity contribution in [1.29, 1.82) is 0 Å². The SMILES string of the molecule is CCC[C@@H](N)c1c([N+](=O)[O-])ccc(C)c1O. The van der Waals surface area contributed by atoms with E-state index < -0.39 is 11.0 Å². The molecule has 0 saturated heterocycles. The lowest BCUT2D eigenvalue weighted by molar-refractivity contribution is -0.385.